The summed E-state index contributed by atoms with van der Waals surface area (Å²) in [5, 5.41) is 27.4. The number of allylic oxidation sites excluding steroid dienone is 2. The van der Waals surface area contributed by atoms with Crippen LogP contribution >= 0.6 is 0 Å². The van der Waals surface area contributed by atoms with E-state index in [0.29, 0.717) is 34.1 Å². The molecule has 0 unspecified atom stereocenters. The summed E-state index contributed by atoms with van der Waals surface area (Å²) in [6.45, 7) is 11.2. The average Bonchev–Trinajstić information content (AvgIpc) is 3.05. The van der Waals surface area contributed by atoms with Gasteiger partial charge in [-0.1, -0.05) is 36.4 Å². The van der Waals surface area contributed by atoms with Crippen LogP contribution in [0.5, 0.6) is 23.0 Å². The number of hydrogen-bond acceptors (Lipinski definition) is 7. The Bertz CT molecular complexity index is 1700. The van der Waals surface area contributed by atoms with Gasteiger partial charge in [-0.05, 0) is 72.5 Å². The van der Waals surface area contributed by atoms with E-state index in [4.69, 9.17) is 41.3 Å². The van der Waals surface area contributed by atoms with Crippen LogP contribution in [0.2, 0.25) is 0 Å². The fourth-order valence-electron chi connectivity index (χ4n) is 4.44. The first-order chi connectivity index (χ1) is 21.2. The predicted molar refractivity (Wildman–Crippen MR) is 172 cm³/mol. The topological polar surface area (TPSA) is 113 Å². The summed E-state index contributed by atoms with van der Waals surface area (Å²) in [5.74, 6) is 2.17. The van der Waals surface area contributed by atoms with E-state index in [1.54, 1.807) is 32.4 Å². The molecule has 0 fully saturated rings. The van der Waals surface area contributed by atoms with Gasteiger partial charge in [0.25, 0.3) is 5.70 Å². The lowest BCUT2D eigenvalue weighted by Crippen LogP contribution is -1.94. The quantitative estimate of drug-likeness (QED) is 0.136. The molecule has 0 spiro atoms. The summed E-state index contributed by atoms with van der Waals surface area (Å²) >= 11 is 0. The van der Waals surface area contributed by atoms with E-state index in [1.807, 2.05) is 62.4 Å². The largest absolute Gasteiger partial charge is 0.496 e. The monoisotopic (exact) mass is 582 g/mol. The minimum Gasteiger partial charge on any atom is -0.496 e. The van der Waals surface area contributed by atoms with Gasteiger partial charge in [0, 0.05) is 22.3 Å². The van der Waals surface area contributed by atoms with Gasteiger partial charge >= 0.3 is 0 Å². The lowest BCUT2D eigenvalue weighted by atomic mass is 9.97. The van der Waals surface area contributed by atoms with Gasteiger partial charge < -0.3 is 18.9 Å². The molecule has 0 amide bonds. The molecule has 0 atom stereocenters. The number of methoxy groups -OCH3 is 4. The molecule has 0 bridgehead atoms. The Morgan fingerprint density at radius 2 is 0.932 bits per heavy atom. The summed E-state index contributed by atoms with van der Waals surface area (Å²) in [4.78, 5) is 3.22. The van der Waals surface area contributed by atoms with Gasteiger partial charge in [-0.3, -0.25) is 0 Å². The summed E-state index contributed by atoms with van der Waals surface area (Å²) in [6, 6.07) is 16.9. The van der Waals surface area contributed by atoms with Crippen molar-refractivity contribution in [3.05, 3.63) is 104 Å². The molecular weight excluding hydrogens is 552 g/mol. The number of rotatable bonds is 10. The molecule has 8 nitrogen and oxygen atoms in total. The van der Waals surface area contributed by atoms with Crippen LogP contribution in [0.25, 0.3) is 41.3 Å². The first-order valence-electron chi connectivity index (χ1n) is 13.3. The van der Waals surface area contributed by atoms with E-state index in [-0.39, 0.29) is 11.3 Å². The second kappa shape index (κ2) is 15.1. The zero-order valence-corrected chi connectivity index (χ0v) is 25.4. The summed E-state index contributed by atoms with van der Waals surface area (Å²) < 4.78 is 22.2. The maximum atomic E-state index is 9.15. The Balaban J connectivity index is 1.97. The van der Waals surface area contributed by atoms with Crippen molar-refractivity contribution in [3.8, 4) is 41.2 Å². The fraction of sp³-hybridized carbons (Fsp3) is 0.167. The van der Waals surface area contributed by atoms with E-state index in [2.05, 4.69) is 17.0 Å². The molecule has 8 heteroatoms. The number of ether oxygens (including phenoxy) is 4. The van der Waals surface area contributed by atoms with E-state index in [9.17, 15) is 0 Å². The normalized spacial score (nSPS) is 10.8. The highest BCUT2D eigenvalue weighted by Gasteiger charge is 2.12. The van der Waals surface area contributed by atoms with Crippen molar-refractivity contribution in [1.82, 2.24) is 0 Å². The second-order valence-electron chi connectivity index (χ2n) is 9.44. The van der Waals surface area contributed by atoms with Crippen LogP contribution in [-0.2, 0) is 0 Å². The molecule has 0 N–H and O–H groups in total. The minimum atomic E-state index is -0.0505. The van der Waals surface area contributed by atoms with Gasteiger partial charge in [-0.2, -0.15) is 10.5 Å². The van der Waals surface area contributed by atoms with Gasteiger partial charge in [0.15, 0.2) is 0 Å². The van der Waals surface area contributed by atoms with Crippen molar-refractivity contribution in [3.63, 3.8) is 0 Å². The minimum absolute atomic E-state index is 0.0357. The molecule has 0 aliphatic heterocycles. The molecule has 0 aliphatic carbocycles. The Morgan fingerprint density at radius 1 is 0.568 bits per heavy atom. The molecule has 3 rings (SSSR count). The smallest absolute Gasteiger partial charge is 0.262 e. The Hall–Kier alpha value is -6.22. The van der Waals surface area contributed by atoms with Crippen molar-refractivity contribution in [2.75, 3.05) is 28.4 Å². The maximum Gasteiger partial charge on any atom is 0.262 e. The summed E-state index contributed by atoms with van der Waals surface area (Å²) in [5.41, 5.74) is 6.75. The molecule has 0 aromatic heterocycles. The van der Waals surface area contributed by atoms with Crippen LogP contribution in [0.4, 0.5) is 0 Å². The van der Waals surface area contributed by atoms with Crippen molar-refractivity contribution in [2.45, 2.75) is 13.8 Å². The SMILES string of the molecule is [C-]#[N+]/C(C#N)=C/c1cc(OC)c(/C=C/c2cc(C)c(/C=C/c3cc(OC)c(C=C(C#N)C#N)cc3OC)cc2C)cc1OC. The Labute approximate surface area is 258 Å². The predicted octanol–water partition coefficient (Wildman–Crippen LogP) is 7.89. The van der Waals surface area contributed by atoms with Crippen LogP contribution in [-0.4, -0.2) is 28.4 Å². The number of hydrogen-bond donors (Lipinski definition) is 0. The van der Waals surface area contributed by atoms with Gasteiger partial charge in [-0.25, -0.2) is 10.1 Å². The van der Waals surface area contributed by atoms with Crippen molar-refractivity contribution >= 4 is 36.5 Å². The highest BCUT2D eigenvalue weighted by atomic mass is 16.5. The molecule has 0 radical (unpaired) electrons. The highest BCUT2D eigenvalue weighted by Crippen LogP contribution is 2.34. The van der Waals surface area contributed by atoms with Crippen LogP contribution < -0.4 is 18.9 Å². The van der Waals surface area contributed by atoms with Gasteiger partial charge in [0.1, 0.15) is 40.7 Å². The van der Waals surface area contributed by atoms with Gasteiger partial charge in [0.2, 0.25) is 0 Å². The first-order valence-corrected chi connectivity index (χ1v) is 13.3. The zero-order chi connectivity index (χ0) is 32.2. The second-order valence-corrected chi connectivity index (χ2v) is 9.44. The van der Waals surface area contributed by atoms with E-state index in [0.717, 1.165) is 33.4 Å². The number of nitriles is 3. The third kappa shape index (κ3) is 7.54. The van der Waals surface area contributed by atoms with E-state index >= 15 is 0 Å². The fourth-order valence-corrected chi connectivity index (χ4v) is 4.44. The van der Waals surface area contributed by atoms with E-state index in [1.165, 1.54) is 26.4 Å². The van der Waals surface area contributed by atoms with Crippen molar-refractivity contribution in [1.29, 1.82) is 15.8 Å². The molecule has 3 aromatic carbocycles. The first kappa shape index (κ1) is 32.3. The zero-order valence-electron chi connectivity index (χ0n) is 25.4. The van der Waals surface area contributed by atoms with Crippen molar-refractivity contribution in [2.24, 2.45) is 0 Å². The molecule has 0 saturated heterocycles. The van der Waals surface area contributed by atoms with Crippen LogP contribution in [0, 0.1) is 54.4 Å². The number of aryl methyl sites for hydroxylation is 2. The highest BCUT2D eigenvalue weighted by molar-refractivity contribution is 5.81. The number of benzene rings is 3. The molecule has 0 saturated carbocycles. The molecule has 0 aliphatic rings. The van der Waals surface area contributed by atoms with Crippen LogP contribution in [0.1, 0.15) is 44.5 Å². The molecule has 3 aromatic rings. The molecule has 0 heterocycles. The molecule has 44 heavy (non-hydrogen) atoms. The van der Waals surface area contributed by atoms with E-state index < -0.39 is 0 Å². The Kier molecular flexibility index (Phi) is 11.1. The third-order valence-corrected chi connectivity index (χ3v) is 6.77. The Morgan fingerprint density at radius 3 is 1.30 bits per heavy atom. The number of nitrogens with zero attached hydrogens (tertiary/aromatic N) is 4. The van der Waals surface area contributed by atoms with Gasteiger partial charge in [0.05, 0.1) is 41.1 Å². The summed E-state index contributed by atoms with van der Waals surface area (Å²) in [6.07, 6.45) is 10.8. The standard InChI is InChI=1S/C36H30N4O4/c1-23-13-27(9-11-29-17-36(44-7)31(19-34(29)42-5)15-32(22-39)40-3)24(2)12-26(23)8-10-28-16-35(43-6)30(18-33(28)41-4)14-25(20-37)21-38/h8-19H,1-2,4-7H3/b10-8+,11-9+,32-15+. The average molecular weight is 583 g/mol. The van der Waals surface area contributed by atoms with Crippen LogP contribution in [0.15, 0.2) is 47.7 Å². The maximum absolute atomic E-state index is 9.15. The lowest BCUT2D eigenvalue weighted by Gasteiger charge is -2.12. The molecular formula is C36H30N4O4. The lowest BCUT2D eigenvalue weighted by molar-refractivity contribution is 0.401. The summed E-state index contributed by atoms with van der Waals surface area (Å²) in [7, 11) is 6.19. The van der Waals surface area contributed by atoms with Crippen molar-refractivity contribution < 1.29 is 18.9 Å². The van der Waals surface area contributed by atoms with Gasteiger partial charge in [-0.15, -0.1) is 0 Å². The third-order valence-electron chi connectivity index (χ3n) is 6.77. The molecule has 218 valence electrons. The van der Waals surface area contributed by atoms with Crippen LogP contribution in [0.3, 0.4) is 0 Å².